The fourth-order valence-electron chi connectivity index (χ4n) is 3.90. The van der Waals surface area contributed by atoms with Crippen LogP contribution in [0.1, 0.15) is 18.4 Å². The fraction of sp³-hybridized carbons (Fsp3) is 0.400. The predicted octanol–water partition coefficient (Wildman–Crippen LogP) is 2.76. The summed E-state index contributed by atoms with van der Waals surface area (Å²) in [7, 11) is 0. The molecule has 0 saturated carbocycles. The maximum atomic E-state index is 11.5. The summed E-state index contributed by atoms with van der Waals surface area (Å²) < 4.78 is 9.04. The van der Waals surface area contributed by atoms with Gasteiger partial charge in [0.2, 0.25) is 0 Å². The lowest BCUT2D eigenvalue weighted by molar-refractivity contribution is -0.116. The third kappa shape index (κ3) is 3.87. The highest BCUT2D eigenvalue weighted by Crippen LogP contribution is 2.38. The van der Waals surface area contributed by atoms with Gasteiger partial charge in [0.15, 0.2) is 22.1 Å². The molecule has 10 heteroatoms. The molecule has 3 aromatic rings. The lowest BCUT2D eigenvalue weighted by Gasteiger charge is -2.15. The largest absolute Gasteiger partial charge is 0.493 e. The number of Topliss-reactive ketones (excluding diaryl/α,β-unsaturated/α-hetero) is 1. The van der Waals surface area contributed by atoms with E-state index in [1.807, 2.05) is 0 Å². The highest BCUT2D eigenvalue weighted by molar-refractivity contribution is 14.1. The summed E-state index contributed by atoms with van der Waals surface area (Å²) in [4.78, 5) is 28.2. The maximum absolute atomic E-state index is 11.5. The van der Waals surface area contributed by atoms with Crippen molar-refractivity contribution in [2.45, 2.75) is 35.9 Å². The molecule has 0 bridgehead atoms. The van der Waals surface area contributed by atoms with Gasteiger partial charge >= 0.3 is 0 Å². The number of fused-ring (bicyclic) bond motifs is 2. The monoisotopic (exact) mass is 536 g/mol. The molecule has 1 saturated heterocycles. The SMILES string of the molecule is Nc1ncnc2c1nc(Sc1cc3c(cc1I)CCO3)n2CCCN1CCC(=O)C1. The number of halogens is 1. The number of anilines is 1. The Morgan fingerprint density at radius 1 is 1.23 bits per heavy atom. The maximum Gasteiger partial charge on any atom is 0.175 e. The number of rotatable bonds is 6. The Bertz CT molecular complexity index is 1130. The van der Waals surface area contributed by atoms with Crippen LogP contribution in [-0.4, -0.2) is 56.4 Å². The summed E-state index contributed by atoms with van der Waals surface area (Å²) in [6, 6.07) is 4.29. The van der Waals surface area contributed by atoms with Gasteiger partial charge in [-0.1, -0.05) is 11.8 Å². The highest BCUT2D eigenvalue weighted by Gasteiger charge is 2.21. The molecule has 2 aromatic heterocycles. The van der Waals surface area contributed by atoms with Crippen molar-refractivity contribution >= 4 is 57.1 Å². The first-order valence-corrected chi connectivity index (χ1v) is 11.8. The molecular weight excluding hydrogens is 515 g/mol. The van der Waals surface area contributed by atoms with Crippen molar-refractivity contribution in [1.82, 2.24) is 24.4 Å². The van der Waals surface area contributed by atoms with Crippen LogP contribution in [0.4, 0.5) is 5.82 Å². The van der Waals surface area contributed by atoms with Gasteiger partial charge in [0.05, 0.1) is 13.2 Å². The van der Waals surface area contributed by atoms with Gasteiger partial charge in [0, 0.05) is 40.9 Å². The minimum atomic E-state index is 0.327. The van der Waals surface area contributed by atoms with Crippen molar-refractivity contribution in [1.29, 1.82) is 0 Å². The van der Waals surface area contributed by atoms with E-state index in [-0.39, 0.29) is 0 Å². The van der Waals surface area contributed by atoms with Crippen LogP contribution in [0.25, 0.3) is 11.2 Å². The van der Waals surface area contributed by atoms with E-state index in [1.165, 1.54) is 15.5 Å². The van der Waals surface area contributed by atoms with Crippen molar-refractivity contribution in [2.24, 2.45) is 0 Å². The first-order valence-electron chi connectivity index (χ1n) is 9.92. The van der Waals surface area contributed by atoms with E-state index in [0.717, 1.165) is 60.5 Å². The molecule has 8 nitrogen and oxygen atoms in total. The number of likely N-dealkylation sites (tertiary alicyclic amines) is 1. The summed E-state index contributed by atoms with van der Waals surface area (Å²) in [5.41, 5.74) is 8.71. The number of ether oxygens (including phenoxy) is 1. The smallest absolute Gasteiger partial charge is 0.175 e. The topological polar surface area (TPSA) is 99.2 Å². The summed E-state index contributed by atoms with van der Waals surface area (Å²) >= 11 is 3.97. The van der Waals surface area contributed by atoms with Crippen LogP contribution >= 0.6 is 34.4 Å². The molecular formula is C20H21IN6O2S. The van der Waals surface area contributed by atoms with E-state index in [9.17, 15) is 4.79 Å². The molecule has 30 heavy (non-hydrogen) atoms. The number of hydrogen-bond donors (Lipinski definition) is 1. The fourth-order valence-corrected chi connectivity index (χ4v) is 5.71. The molecule has 0 spiro atoms. The number of carbonyl (C=O) groups excluding carboxylic acids is 1. The Morgan fingerprint density at radius 3 is 2.97 bits per heavy atom. The first-order chi connectivity index (χ1) is 14.6. The molecule has 0 unspecified atom stereocenters. The Hall–Kier alpha value is -1.92. The van der Waals surface area contributed by atoms with Crippen LogP contribution in [-0.2, 0) is 17.8 Å². The second-order valence-electron chi connectivity index (χ2n) is 7.49. The second-order valence-corrected chi connectivity index (χ2v) is 9.66. The van der Waals surface area contributed by atoms with Crippen LogP contribution < -0.4 is 10.5 Å². The zero-order chi connectivity index (χ0) is 20.7. The van der Waals surface area contributed by atoms with E-state index >= 15 is 0 Å². The van der Waals surface area contributed by atoms with Crippen LogP contribution in [0, 0.1) is 3.57 Å². The molecule has 0 radical (unpaired) electrons. The van der Waals surface area contributed by atoms with Gasteiger partial charge < -0.3 is 15.0 Å². The quantitative estimate of drug-likeness (QED) is 0.481. The van der Waals surface area contributed by atoms with Crippen molar-refractivity contribution in [3.63, 3.8) is 0 Å². The average Bonchev–Trinajstić information content (AvgIpc) is 3.43. The molecule has 1 aromatic carbocycles. The Kier molecular flexibility index (Phi) is 5.54. The first kappa shape index (κ1) is 20.0. The Morgan fingerprint density at radius 2 is 2.13 bits per heavy atom. The number of aromatic nitrogens is 4. The molecule has 156 valence electrons. The third-order valence-corrected chi connectivity index (χ3v) is 7.74. The van der Waals surface area contributed by atoms with Gasteiger partial charge in [-0.3, -0.25) is 9.69 Å². The van der Waals surface area contributed by atoms with Crippen molar-refractivity contribution in [2.75, 3.05) is 32.0 Å². The van der Waals surface area contributed by atoms with Crippen LogP contribution in [0.3, 0.4) is 0 Å². The molecule has 2 aliphatic rings. The normalized spacial score (nSPS) is 16.4. The lowest BCUT2D eigenvalue weighted by atomic mass is 10.2. The number of hydrogen-bond acceptors (Lipinski definition) is 8. The molecule has 2 aliphatic heterocycles. The van der Waals surface area contributed by atoms with Gasteiger partial charge in [-0.2, -0.15) is 0 Å². The minimum Gasteiger partial charge on any atom is -0.493 e. The van der Waals surface area contributed by atoms with E-state index in [4.69, 9.17) is 15.5 Å². The standard InChI is InChI=1S/C20H21IN6O2S/c21-14-8-12-3-7-29-15(12)9-16(14)30-20-25-17-18(22)23-11-24-19(17)27(20)5-1-4-26-6-2-13(28)10-26/h8-9,11H,1-7,10H2,(H2,22,23,24). The Labute approximate surface area is 191 Å². The minimum absolute atomic E-state index is 0.327. The number of aryl methyl sites for hydroxylation is 1. The molecule has 0 atom stereocenters. The van der Waals surface area contributed by atoms with Crippen LogP contribution in [0.2, 0.25) is 0 Å². The lowest BCUT2D eigenvalue weighted by Crippen LogP contribution is -2.23. The molecule has 0 amide bonds. The van der Waals surface area contributed by atoms with Crippen molar-refractivity contribution < 1.29 is 9.53 Å². The summed E-state index contributed by atoms with van der Waals surface area (Å²) in [6.07, 6.45) is 4.01. The molecule has 5 rings (SSSR count). The third-order valence-electron chi connectivity index (χ3n) is 5.43. The molecule has 1 fully saturated rings. The highest BCUT2D eigenvalue weighted by atomic mass is 127. The molecule has 4 heterocycles. The van der Waals surface area contributed by atoms with Crippen molar-refractivity contribution in [3.8, 4) is 5.75 Å². The van der Waals surface area contributed by atoms with Crippen LogP contribution in [0.15, 0.2) is 28.5 Å². The van der Waals surface area contributed by atoms with E-state index in [1.54, 1.807) is 11.8 Å². The van der Waals surface area contributed by atoms with E-state index in [2.05, 4.69) is 54.2 Å². The van der Waals surface area contributed by atoms with Gasteiger partial charge in [-0.25, -0.2) is 15.0 Å². The number of nitrogen functional groups attached to an aromatic ring is 1. The van der Waals surface area contributed by atoms with Gasteiger partial charge in [0.25, 0.3) is 0 Å². The number of nitrogens with two attached hydrogens (primary N) is 1. The number of nitrogens with zero attached hydrogens (tertiary/aromatic N) is 5. The predicted molar refractivity (Wildman–Crippen MR) is 123 cm³/mol. The van der Waals surface area contributed by atoms with Gasteiger partial charge in [0.1, 0.15) is 17.9 Å². The number of carbonyl (C=O) groups is 1. The second kappa shape index (κ2) is 8.31. The molecule has 0 aliphatic carbocycles. The van der Waals surface area contributed by atoms with Gasteiger partial charge in [-0.05, 0) is 46.7 Å². The average molecular weight is 536 g/mol. The Balaban J connectivity index is 1.43. The van der Waals surface area contributed by atoms with Gasteiger partial charge in [-0.15, -0.1) is 0 Å². The number of benzene rings is 1. The van der Waals surface area contributed by atoms with E-state index in [0.29, 0.717) is 30.1 Å². The summed E-state index contributed by atoms with van der Waals surface area (Å²) in [5, 5.41) is 0.838. The zero-order valence-corrected chi connectivity index (χ0v) is 19.3. The van der Waals surface area contributed by atoms with E-state index < -0.39 is 0 Å². The molecule has 2 N–H and O–H groups in total. The number of imidazole rings is 1. The van der Waals surface area contributed by atoms with Crippen LogP contribution in [0.5, 0.6) is 5.75 Å². The summed E-state index contributed by atoms with van der Waals surface area (Å²) in [5.74, 6) is 1.67. The number of ketones is 1. The summed E-state index contributed by atoms with van der Waals surface area (Å²) in [6.45, 7) is 3.78. The van der Waals surface area contributed by atoms with Crippen molar-refractivity contribution in [3.05, 3.63) is 27.6 Å². The zero-order valence-electron chi connectivity index (χ0n) is 16.3.